The molecule has 0 atom stereocenters. The normalized spacial score (nSPS) is 10.2. The first-order valence-corrected chi connectivity index (χ1v) is 7.02. The molecule has 0 aliphatic rings. The summed E-state index contributed by atoms with van der Waals surface area (Å²) in [5, 5.41) is 15.7. The molecule has 20 heavy (non-hydrogen) atoms. The van der Waals surface area contributed by atoms with Crippen LogP contribution in [0.4, 0.5) is 0 Å². The van der Waals surface area contributed by atoms with Gasteiger partial charge >= 0.3 is 5.97 Å². The highest BCUT2D eigenvalue weighted by molar-refractivity contribution is 7.07. The summed E-state index contributed by atoms with van der Waals surface area (Å²) in [7, 11) is 0. The fourth-order valence-corrected chi connectivity index (χ4v) is 2.46. The van der Waals surface area contributed by atoms with Crippen LogP contribution in [0.2, 0.25) is 0 Å². The number of aryl methyl sites for hydroxylation is 1. The number of hydrogen-bond acceptors (Lipinski definition) is 4. The Hall–Kier alpha value is -2.21. The van der Waals surface area contributed by atoms with E-state index in [-0.39, 0.29) is 17.2 Å². The molecule has 0 bridgehead atoms. The molecule has 0 aromatic carbocycles. The zero-order valence-electron chi connectivity index (χ0n) is 10.9. The van der Waals surface area contributed by atoms with E-state index in [9.17, 15) is 9.59 Å². The number of carbonyl (C=O) groups excluding carboxylic acids is 1. The zero-order valence-corrected chi connectivity index (χ0v) is 11.7. The molecule has 2 aromatic rings. The monoisotopic (exact) mass is 290 g/mol. The number of carboxylic acid groups (broad SMARTS) is 1. The van der Waals surface area contributed by atoms with Gasteiger partial charge in [-0.05, 0) is 47.9 Å². The predicted molar refractivity (Wildman–Crippen MR) is 76.3 cm³/mol. The van der Waals surface area contributed by atoms with Crippen LogP contribution in [0.5, 0.6) is 0 Å². The molecule has 104 valence electrons. The summed E-state index contributed by atoms with van der Waals surface area (Å²) in [4.78, 5) is 26.8. The lowest BCUT2D eigenvalue weighted by atomic mass is 10.2. The van der Waals surface area contributed by atoms with E-state index < -0.39 is 5.97 Å². The van der Waals surface area contributed by atoms with E-state index in [1.807, 2.05) is 16.8 Å². The van der Waals surface area contributed by atoms with E-state index in [1.54, 1.807) is 18.3 Å². The molecule has 0 spiro atoms. The topological polar surface area (TPSA) is 79.3 Å². The van der Waals surface area contributed by atoms with Crippen LogP contribution >= 0.6 is 11.3 Å². The van der Waals surface area contributed by atoms with E-state index in [1.165, 1.54) is 17.7 Å². The van der Waals surface area contributed by atoms with Crippen molar-refractivity contribution in [3.8, 4) is 0 Å². The second-order valence-electron chi connectivity index (χ2n) is 4.27. The Balaban J connectivity index is 1.95. The van der Waals surface area contributed by atoms with Crippen molar-refractivity contribution in [2.24, 2.45) is 0 Å². The van der Waals surface area contributed by atoms with Crippen LogP contribution in [-0.4, -0.2) is 28.5 Å². The molecule has 1 amide bonds. The fraction of sp³-hybridized carbons (Fsp3) is 0.214. The summed E-state index contributed by atoms with van der Waals surface area (Å²) in [5.41, 5.74) is 1.86. The Morgan fingerprint density at radius 2 is 2.15 bits per heavy atom. The van der Waals surface area contributed by atoms with Gasteiger partial charge in [-0.15, -0.1) is 0 Å². The van der Waals surface area contributed by atoms with Crippen LogP contribution < -0.4 is 5.32 Å². The van der Waals surface area contributed by atoms with Gasteiger partial charge in [-0.25, -0.2) is 9.78 Å². The quantitative estimate of drug-likeness (QED) is 0.884. The van der Waals surface area contributed by atoms with Crippen LogP contribution in [0.15, 0.2) is 29.0 Å². The lowest BCUT2D eigenvalue weighted by Gasteiger charge is -2.06. The highest BCUT2D eigenvalue weighted by Crippen LogP contribution is 2.08. The van der Waals surface area contributed by atoms with Crippen molar-refractivity contribution in [3.63, 3.8) is 0 Å². The number of carboxylic acids is 1. The summed E-state index contributed by atoms with van der Waals surface area (Å²) >= 11 is 1.62. The second-order valence-corrected chi connectivity index (χ2v) is 5.05. The number of aromatic carboxylic acids is 1. The maximum Gasteiger partial charge on any atom is 0.337 e. The minimum Gasteiger partial charge on any atom is -0.478 e. The van der Waals surface area contributed by atoms with Crippen molar-refractivity contribution in [3.05, 3.63) is 51.5 Å². The number of nitrogens with one attached hydrogen (secondary N) is 1. The van der Waals surface area contributed by atoms with Crippen LogP contribution in [-0.2, 0) is 6.42 Å². The largest absolute Gasteiger partial charge is 0.478 e. The van der Waals surface area contributed by atoms with Crippen LogP contribution in [0.1, 0.15) is 32.1 Å². The van der Waals surface area contributed by atoms with E-state index in [0.29, 0.717) is 12.2 Å². The van der Waals surface area contributed by atoms with Gasteiger partial charge in [0.1, 0.15) is 5.69 Å². The maximum absolute atomic E-state index is 11.9. The number of carbonyl (C=O) groups is 2. The molecule has 2 heterocycles. The van der Waals surface area contributed by atoms with Crippen molar-refractivity contribution in [2.75, 3.05) is 6.54 Å². The Bertz CT molecular complexity index is 623. The first-order chi connectivity index (χ1) is 9.58. The van der Waals surface area contributed by atoms with Crippen molar-refractivity contribution >= 4 is 23.2 Å². The number of amides is 1. The number of thiophene rings is 1. The maximum atomic E-state index is 11.9. The minimum atomic E-state index is -1.04. The molecule has 5 nitrogen and oxygen atoms in total. The smallest absolute Gasteiger partial charge is 0.337 e. The molecule has 2 rings (SSSR count). The first kappa shape index (κ1) is 14.2. The summed E-state index contributed by atoms with van der Waals surface area (Å²) in [6, 6.07) is 4.84. The van der Waals surface area contributed by atoms with E-state index >= 15 is 0 Å². The van der Waals surface area contributed by atoms with E-state index in [0.717, 1.165) is 6.42 Å². The van der Waals surface area contributed by atoms with Crippen molar-refractivity contribution in [1.82, 2.24) is 10.3 Å². The summed E-state index contributed by atoms with van der Waals surface area (Å²) < 4.78 is 0. The Kier molecular flexibility index (Phi) is 4.47. The lowest BCUT2D eigenvalue weighted by Crippen LogP contribution is -2.26. The van der Waals surface area contributed by atoms with Crippen LogP contribution in [0.25, 0.3) is 0 Å². The molecule has 0 saturated heterocycles. The van der Waals surface area contributed by atoms with Crippen molar-refractivity contribution in [2.45, 2.75) is 13.3 Å². The molecule has 0 radical (unpaired) electrons. The molecule has 2 aromatic heterocycles. The molecule has 0 fully saturated rings. The minimum absolute atomic E-state index is 0.111. The van der Waals surface area contributed by atoms with E-state index in [2.05, 4.69) is 10.3 Å². The number of pyridine rings is 1. The number of rotatable bonds is 5. The average Bonchev–Trinajstić information content (AvgIpc) is 2.91. The first-order valence-electron chi connectivity index (χ1n) is 6.08. The molecular weight excluding hydrogens is 276 g/mol. The number of aromatic nitrogens is 1. The number of hydrogen-bond donors (Lipinski definition) is 2. The molecule has 0 saturated carbocycles. The summed E-state index contributed by atoms with van der Waals surface area (Å²) in [6.07, 6.45) is 0.765. The highest BCUT2D eigenvalue weighted by Gasteiger charge is 2.12. The average molecular weight is 290 g/mol. The van der Waals surface area contributed by atoms with Gasteiger partial charge in [-0.2, -0.15) is 11.3 Å². The SMILES string of the molecule is Cc1nc(C(=O)NCCc2ccsc2)ccc1C(=O)O. The third-order valence-electron chi connectivity index (χ3n) is 2.83. The Labute approximate surface area is 120 Å². The van der Waals surface area contributed by atoms with Gasteiger partial charge in [-0.1, -0.05) is 0 Å². The fourth-order valence-electron chi connectivity index (χ4n) is 1.76. The van der Waals surface area contributed by atoms with Gasteiger partial charge in [0.25, 0.3) is 5.91 Å². The predicted octanol–water partition coefficient (Wildman–Crippen LogP) is 2.12. The molecular formula is C14H14N2O3S. The standard InChI is InChI=1S/C14H14N2O3S/c1-9-11(14(18)19)2-3-12(16-9)13(17)15-6-4-10-5-7-20-8-10/h2-3,5,7-8H,4,6H2,1H3,(H,15,17)(H,18,19). The molecule has 0 aliphatic heterocycles. The van der Waals surface area contributed by atoms with Gasteiger partial charge < -0.3 is 10.4 Å². The van der Waals surface area contributed by atoms with Crippen LogP contribution in [0, 0.1) is 6.92 Å². The number of nitrogens with zero attached hydrogens (tertiary/aromatic N) is 1. The third kappa shape index (κ3) is 3.42. The highest BCUT2D eigenvalue weighted by atomic mass is 32.1. The molecule has 2 N–H and O–H groups in total. The Morgan fingerprint density at radius 3 is 2.75 bits per heavy atom. The van der Waals surface area contributed by atoms with Crippen molar-refractivity contribution < 1.29 is 14.7 Å². The van der Waals surface area contributed by atoms with Gasteiger partial charge in [0.15, 0.2) is 0 Å². The summed E-state index contributed by atoms with van der Waals surface area (Å²) in [5.74, 6) is -1.33. The van der Waals surface area contributed by atoms with Crippen LogP contribution in [0.3, 0.4) is 0 Å². The van der Waals surface area contributed by atoms with Gasteiger partial charge in [0.2, 0.25) is 0 Å². The molecule has 0 unspecified atom stereocenters. The zero-order chi connectivity index (χ0) is 14.5. The summed E-state index contributed by atoms with van der Waals surface area (Å²) in [6.45, 7) is 2.10. The molecule has 6 heteroatoms. The van der Waals surface area contributed by atoms with Gasteiger partial charge in [0, 0.05) is 6.54 Å². The van der Waals surface area contributed by atoms with E-state index in [4.69, 9.17) is 5.11 Å². The molecule has 0 aliphatic carbocycles. The van der Waals surface area contributed by atoms with Gasteiger partial charge in [0.05, 0.1) is 11.3 Å². The van der Waals surface area contributed by atoms with Gasteiger partial charge in [-0.3, -0.25) is 4.79 Å². The van der Waals surface area contributed by atoms with Crippen molar-refractivity contribution in [1.29, 1.82) is 0 Å². The second kappa shape index (κ2) is 6.29. The third-order valence-corrected chi connectivity index (χ3v) is 3.56. The Morgan fingerprint density at radius 1 is 1.35 bits per heavy atom. The lowest BCUT2D eigenvalue weighted by molar-refractivity contribution is 0.0694.